The molecular formula is C30H33NO3. The van der Waals surface area contributed by atoms with Gasteiger partial charge < -0.3 is 14.1 Å². The first-order chi connectivity index (χ1) is 16.5. The van der Waals surface area contributed by atoms with Crippen LogP contribution in [0.1, 0.15) is 47.3 Å². The Morgan fingerprint density at radius 3 is 2.26 bits per heavy atom. The van der Waals surface area contributed by atoms with Crippen molar-refractivity contribution in [3.8, 4) is 17.1 Å². The minimum Gasteiger partial charge on any atom is -0.494 e. The van der Waals surface area contributed by atoms with Crippen molar-refractivity contribution in [1.82, 2.24) is 4.90 Å². The molecule has 0 bridgehead atoms. The first-order valence-corrected chi connectivity index (χ1v) is 12.1. The highest BCUT2D eigenvalue weighted by molar-refractivity contribution is 6.19. The second kappa shape index (κ2) is 10.7. The van der Waals surface area contributed by atoms with Crippen LogP contribution in [0.3, 0.4) is 0 Å². The van der Waals surface area contributed by atoms with Gasteiger partial charge in [-0.05, 0) is 75.8 Å². The number of hydrogen-bond acceptors (Lipinski definition) is 4. The molecule has 3 aromatic carbocycles. The molecule has 0 atom stereocenters. The van der Waals surface area contributed by atoms with Crippen molar-refractivity contribution in [1.29, 1.82) is 0 Å². The van der Waals surface area contributed by atoms with Crippen LogP contribution < -0.4 is 4.74 Å². The van der Waals surface area contributed by atoms with Crippen molar-refractivity contribution in [2.75, 3.05) is 26.2 Å². The smallest absolute Gasteiger partial charge is 0.197 e. The number of rotatable bonds is 10. The number of carbonyl (C=O) groups excluding carboxylic acids is 1. The van der Waals surface area contributed by atoms with Gasteiger partial charge in [-0.3, -0.25) is 4.79 Å². The van der Waals surface area contributed by atoms with Crippen LogP contribution in [-0.4, -0.2) is 36.9 Å². The highest BCUT2D eigenvalue weighted by Crippen LogP contribution is 2.36. The maximum absolute atomic E-state index is 13.7. The number of hydrogen-bond donors (Lipinski definition) is 0. The maximum Gasteiger partial charge on any atom is 0.197 e. The summed E-state index contributed by atoms with van der Waals surface area (Å²) < 4.78 is 12.1. The van der Waals surface area contributed by atoms with Crippen molar-refractivity contribution < 1.29 is 13.9 Å². The molecule has 34 heavy (non-hydrogen) atoms. The lowest BCUT2D eigenvalue weighted by molar-refractivity contribution is 0.104. The van der Waals surface area contributed by atoms with Crippen LogP contribution >= 0.6 is 0 Å². The molecule has 4 heteroatoms. The van der Waals surface area contributed by atoms with E-state index in [-0.39, 0.29) is 5.78 Å². The molecule has 0 spiro atoms. The number of benzene rings is 3. The van der Waals surface area contributed by atoms with Gasteiger partial charge in [-0.25, -0.2) is 0 Å². The first kappa shape index (κ1) is 23.8. The van der Waals surface area contributed by atoms with Crippen LogP contribution in [0.2, 0.25) is 0 Å². The molecule has 0 amide bonds. The highest BCUT2D eigenvalue weighted by atomic mass is 16.5. The Bertz CT molecular complexity index is 1250. The fraction of sp³-hybridized carbons (Fsp3) is 0.300. The zero-order valence-corrected chi connectivity index (χ0v) is 20.6. The minimum atomic E-state index is -0.0489. The number of ketones is 1. The third kappa shape index (κ3) is 5.23. The van der Waals surface area contributed by atoms with Crippen molar-refractivity contribution in [2.45, 2.75) is 34.1 Å². The summed E-state index contributed by atoms with van der Waals surface area (Å²) in [6, 6.07) is 21.4. The number of carbonyl (C=O) groups is 1. The normalized spacial score (nSPS) is 11.3. The van der Waals surface area contributed by atoms with Crippen molar-refractivity contribution in [3.05, 3.63) is 89.0 Å². The number of nitrogens with zero attached hydrogens (tertiary/aromatic N) is 1. The standard InChI is InChI=1S/C30H33NO3/c1-5-31(6-2)16-9-17-33-25-14-12-23(13-15-25)29(32)28-26-10-7-8-11-27(26)34-30(28)24-19-21(3)18-22(4)20-24/h7-8,10-15,18-20H,5-6,9,16-17H2,1-4H3. The van der Waals surface area contributed by atoms with Gasteiger partial charge in [0, 0.05) is 23.1 Å². The van der Waals surface area contributed by atoms with Gasteiger partial charge >= 0.3 is 0 Å². The first-order valence-electron chi connectivity index (χ1n) is 12.1. The van der Waals surface area contributed by atoms with Crippen LogP contribution in [0, 0.1) is 13.8 Å². The van der Waals surface area contributed by atoms with Crippen LogP contribution in [0.25, 0.3) is 22.3 Å². The summed E-state index contributed by atoms with van der Waals surface area (Å²) >= 11 is 0. The lowest BCUT2D eigenvalue weighted by atomic mass is 9.96. The highest BCUT2D eigenvalue weighted by Gasteiger charge is 2.23. The molecule has 0 aliphatic heterocycles. The van der Waals surface area contributed by atoms with Crippen molar-refractivity contribution >= 4 is 16.8 Å². The molecule has 0 N–H and O–H groups in total. The number of fused-ring (bicyclic) bond motifs is 1. The zero-order valence-electron chi connectivity index (χ0n) is 20.6. The number of aryl methyl sites for hydroxylation is 2. The second-order valence-electron chi connectivity index (χ2n) is 8.76. The molecule has 4 rings (SSSR count). The average Bonchev–Trinajstić information content (AvgIpc) is 3.23. The fourth-order valence-corrected chi connectivity index (χ4v) is 4.44. The van der Waals surface area contributed by atoms with E-state index in [0.717, 1.165) is 53.9 Å². The number of para-hydroxylation sites is 1. The summed E-state index contributed by atoms with van der Waals surface area (Å²) in [6.07, 6.45) is 0.975. The molecule has 176 valence electrons. The quantitative estimate of drug-likeness (QED) is 0.190. The molecule has 0 fully saturated rings. The molecule has 0 radical (unpaired) electrons. The number of ether oxygens (including phenoxy) is 1. The molecule has 1 heterocycles. The van der Waals surface area contributed by atoms with Crippen LogP contribution in [0.4, 0.5) is 0 Å². The van der Waals surface area contributed by atoms with Crippen LogP contribution in [0.15, 0.2) is 71.1 Å². The summed E-state index contributed by atoms with van der Waals surface area (Å²) in [5.41, 5.74) is 5.13. The third-order valence-electron chi connectivity index (χ3n) is 6.20. The van der Waals surface area contributed by atoms with E-state index in [0.29, 0.717) is 29.1 Å². The predicted octanol–water partition coefficient (Wildman–Crippen LogP) is 7.06. The van der Waals surface area contributed by atoms with Gasteiger partial charge in [0.15, 0.2) is 5.78 Å². The van der Waals surface area contributed by atoms with E-state index in [1.165, 1.54) is 0 Å². The molecule has 1 aromatic heterocycles. The molecular weight excluding hydrogens is 422 g/mol. The Morgan fingerprint density at radius 1 is 0.912 bits per heavy atom. The summed E-state index contributed by atoms with van der Waals surface area (Å²) in [5, 5.41) is 0.832. The molecule has 0 saturated heterocycles. The van der Waals surface area contributed by atoms with E-state index in [9.17, 15) is 4.79 Å². The molecule has 0 unspecified atom stereocenters. The Hall–Kier alpha value is -3.37. The van der Waals surface area contributed by atoms with Gasteiger partial charge in [0.25, 0.3) is 0 Å². The van der Waals surface area contributed by atoms with E-state index >= 15 is 0 Å². The minimum absolute atomic E-state index is 0.0489. The van der Waals surface area contributed by atoms with E-state index < -0.39 is 0 Å². The van der Waals surface area contributed by atoms with Crippen LogP contribution in [0.5, 0.6) is 5.75 Å². The van der Waals surface area contributed by atoms with Crippen LogP contribution in [-0.2, 0) is 0 Å². The van der Waals surface area contributed by atoms with Gasteiger partial charge in [0.05, 0.1) is 12.2 Å². The van der Waals surface area contributed by atoms with E-state index in [1.54, 1.807) is 0 Å². The molecule has 4 nitrogen and oxygen atoms in total. The van der Waals surface area contributed by atoms with Gasteiger partial charge in [0.2, 0.25) is 0 Å². The largest absolute Gasteiger partial charge is 0.494 e. The summed E-state index contributed by atoms with van der Waals surface area (Å²) in [4.78, 5) is 16.1. The molecule has 0 aliphatic carbocycles. The summed E-state index contributed by atoms with van der Waals surface area (Å²) in [7, 11) is 0. The van der Waals surface area contributed by atoms with Gasteiger partial charge in [-0.1, -0.05) is 49.2 Å². The lowest BCUT2D eigenvalue weighted by Crippen LogP contribution is -2.25. The zero-order chi connectivity index (χ0) is 24.1. The molecule has 0 saturated carbocycles. The average molecular weight is 456 g/mol. The Morgan fingerprint density at radius 2 is 1.59 bits per heavy atom. The lowest BCUT2D eigenvalue weighted by Gasteiger charge is -2.17. The Balaban J connectivity index is 1.58. The van der Waals surface area contributed by atoms with E-state index in [4.69, 9.17) is 9.15 Å². The predicted molar refractivity (Wildman–Crippen MR) is 139 cm³/mol. The number of furan rings is 1. The summed E-state index contributed by atoms with van der Waals surface area (Å²) in [6.45, 7) is 12.3. The monoisotopic (exact) mass is 455 g/mol. The van der Waals surface area contributed by atoms with Crippen molar-refractivity contribution in [3.63, 3.8) is 0 Å². The van der Waals surface area contributed by atoms with E-state index in [2.05, 4.69) is 50.8 Å². The third-order valence-corrected chi connectivity index (χ3v) is 6.20. The SMILES string of the molecule is CCN(CC)CCCOc1ccc(C(=O)c2c(-c3cc(C)cc(C)c3)oc3ccccc23)cc1. The summed E-state index contributed by atoms with van der Waals surface area (Å²) in [5.74, 6) is 1.35. The molecule has 0 aliphatic rings. The fourth-order valence-electron chi connectivity index (χ4n) is 4.44. The second-order valence-corrected chi connectivity index (χ2v) is 8.76. The van der Waals surface area contributed by atoms with Crippen molar-refractivity contribution in [2.24, 2.45) is 0 Å². The molecule has 4 aromatic rings. The van der Waals surface area contributed by atoms with E-state index in [1.807, 2.05) is 48.5 Å². The Labute approximate surface area is 202 Å². The maximum atomic E-state index is 13.7. The Kier molecular flexibility index (Phi) is 7.49. The van der Waals surface area contributed by atoms with Gasteiger partial charge in [0.1, 0.15) is 17.1 Å². The van der Waals surface area contributed by atoms with Gasteiger partial charge in [-0.2, -0.15) is 0 Å². The topological polar surface area (TPSA) is 42.7 Å². The van der Waals surface area contributed by atoms with Gasteiger partial charge in [-0.15, -0.1) is 0 Å².